The van der Waals surface area contributed by atoms with Gasteiger partial charge in [0.2, 0.25) is 0 Å². The number of benzene rings is 1. The quantitative estimate of drug-likeness (QED) is 0.870. The standard InChI is InChI=1S/C14H15NO2S/c16-14(17)12-5-9(12)6-15-7-10-8-18-13-4-2-1-3-11(10)13/h1-4,8-9,12,15H,5-7H2,(H,16,17). The molecule has 1 heterocycles. The number of aliphatic carboxylic acids is 1. The molecule has 1 saturated carbocycles. The topological polar surface area (TPSA) is 49.3 Å². The number of nitrogens with one attached hydrogen (secondary N) is 1. The van der Waals surface area contributed by atoms with E-state index < -0.39 is 5.97 Å². The van der Waals surface area contributed by atoms with Gasteiger partial charge in [-0.1, -0.05) is 18.2 Å². The lowest BCUT2D eigenvalue weighted by Gasteiger charge is -2.02. The van der Waals surface area contributed by atoms with Crippen molar-refractivity contribution in [2.75, 3.05) is 6.54 Å². The second-order valence-electron chi connectivity index (χ2n) is 4.83. The molecular formula is C14H15NO2S. The molecule has 94 valence electrons. The number of hydrogen-bond donors (Lipinski definition) is 2. The molecule has 2 aromatic rings. The van der Waals surface area contributed by atoms with Crippen LogP contribution >= 0.6 is 11.3 Å². The van der Waals surface area contributed by atoms with Crippen LogP contribution in [0.15, 0.2) is 29.6 Å². The average molecular weight is 261 g/mol. The van der Waals surface area contributed by atoms with Crippen LogP contribution in [0.2, 0.25) is 0 Å². The summed E-state index contributed by atoms with van der Waals surface area (Å²) in [5.41, 5.74) is 1.31. The summed E-state index contributed by atoms with van der Waals surface area (Å²) in [5, 5.41) is 15.7. The molecule has 3 rings (SSSR count). The number of fused-ring (bicyclic) bond motifs is 1. The Morgan fingerprint density at radius 2 is 2.28 bits per heavy atom. The van der Waals surface area contributed by atoms with Gasteiger partial charge in [0.1, 0.15) is 0 Å². The minimum Gasteiger partial charge on any atom is -0.481 e. The first kappa shape index (κ1) is 11.7. The molecule has 0 amide bonds. The lowest BCUT2D eigenvalue weighted by Crippen LogP contribution is -2.17. The molecule has 2 N–H and O–H groups in total. The predicted molar refractivity (Wildman–Crippen MR) is 72.8 cm³/mol. The van der Waals surface area contributed by atoms with Crippen LogP contribution in [-0.2, 0) is 11.3 Å². The third kappa shape index (κ3) is 2.26. The highest BCUT2D eigenvalue weighted by atomic mass is 32.1. The smallest absolute Gasteiger partial charge is 0.306 e. The molecule has 4 heteroatoms. The number of hydrogen-bond acceptors (Lipinski definition) is 3. The summed E-state index contributed by atoms with van der Waals surface area (Å²) in [6.07, 6.45) is 0.826. The van der Waals surface area contributed by atoms with Crippen molar-refractivity contribution in [3.05, 3.63) is 35.2 Å². The van der Waals surface area contributed by atoms with E-state index in [1.165, 1.54) is 15.6 Å². The molecular weight excluding hydrogens is 246 g/mol. The second-order valence-corrected chi connectivity index (χ2v) is 5.74. The Morgan fingerprint density at radius 1 is 1.44 bits per heavy atom. The summed E-state index contributed by atoms with van der Waals surface area (Å²) >= 11 is 1.76. The Kier molecular flexibility index (Phi) is 3.06. The van der Waals surface area contributed by atoms with Gasteiger partial charge in [0.15, 0.2) is 0 Å². The molecule has 3 nitrogen and oxygen atoms in total. The molecule has 2 unspecified atom stereocenters. The van der Waals surface area contributed by atoms with Crippen LogP contribution in [0.3, 0.4) is 0 Å². The van der Waals surface area contributed by atoms with Gasteiger partial charge in [0.25, 0.3) is 0 Å². The van der Waals surface area contributed by atoms with Crippen molar-refractivity contribution < 1.29 is 9.90 Å². The Labute approximate surface area is 109 Å². The van der Waals surface area contributed by atoms with Gasteiger partial charge in [-0.05, 0) is 41.3 Å². The number of thiophene rings is 1. The summed E-state index contributed by atoms with van der Waals surface area (Å²) < 4.78 is 1.31. The average Bonchev–Trinajstić information content (AvgIpc) is 3.03. The molecule has 1 aromatic heterocycles. The van der Waals surface area contributed by atoms with E-state index >= 15 is 0 Å². The van der Waals surface area contributed by atoms with Crippen molar-refractivity contribution in [3.8, 4) is 0 Å². The molecule has 1 aliphatic carbocycles. The van der Waals surface area contributed by atoms with Gasteiger partial charge < -0.3 is 10.4 Å². The molecule has 1 aliphatic rings. The van der Waals surface area contributed by atoms with Crippen LogP contribution in [-0.4, -0.2) is 17.6 Å². The van der Waals surface area contributed by atoms with Crippen LogP contribution in [0.1, 0.15) is 12.0 Å². The summed E-state index contributed by atoms with van der Waals surface area (Å²) in [6, 6.07) is 8.38. The highest BCUT2D eigenvalue weighted by Crippen LogP contribution is 2.38. The summed E-state index contributed by atoms with van der Waals surface area (Å²) in [5.74, 6) is -0.438. The van der Waals surface area contributed by atoms with E-state index in [1.807, 2.05) is 0 Å². The van der Waals surface area contributed by atoms with Gasteiger partial charge in [-0.2, -0.15) is 0 Å². The van der Waals surface area contributed by atoms with E-state index in [-0.39, 0.29) is 5.92 Å². The summed E-state index contributed by atoms with van der Waals surface area (Å²) in [7, 11) is 0. The highest BCUT2D eigenvalue weighted by Gasteiger charge is 2.42. The number of carboxylic acid groups (broad SMARTS) is 1. The Hall–Kier alpha value is -1.39. The molecule has 0 aliphatic heterocycles. The van der Waals surface area contributed by atoms with Gasteiger partial charge in [0.05, 0.1) is 5.92 Å². The Balaban J connectivity index is 1.56. The predicted octanol–water partition coefficient (Wildman–Crippen LogP) is 2.71. The number of carboxylic acids is 1. The first-order valence-corrected chi connectivity index (χ1v) is 7.02. The largest absolute Gasteiger partial charge is 0.481 e. The van der Waals surface area contributed by atoms with Gasteiger partial charge in [-0.3, -0.25) is 4.79 Å². The zero-order valence-electron chi connectivity index (χ0n) is 9.93. The summed E-state index contributed by atoms with van der Waals surface area (Å²) in [6.45, 7) is 1.63. The minimum absolute atomic E-state index is 0.114. The highest BCUT2D eigenvalue weighted by molar-refractivity contribution is 7.17. The lowest BCUT2D eigenvalue weighted by molar-refractivity contribution is -0.138. The van der Waals surface area contributed by atoms with Crippen molar-refractivity contribution in [1.82, 2.24) is 5.32 Å². The van der Waals surface area contributed by atoms with Crippen molar-refractivity contribution in [2.24, 2.45) is 11.8 Å². The molecule has 0 spiro atoms. The maximum absolute atomic E-state index is 10.7. The fraction of sp³-hybridized carbons (Fsp3) is 0.357. The van der Waals surface area contributed by atoms with Gasteiger partial charge in [-0.25, -0.2) is 0 Å². The van der Waals surface area contributed by atoms with Gasteiger partial charge in [0, 0.05) is 11.2 Å². The van der Waals surface area contributed by atoms with E-state index in [1.54, 1.807) is 11.3 Å². The van der Waals surface area contributed by atoms with Crippen LogP contribution < -0.4 is 5.32 Å². The third-order valence-corrected chi connectivity index (χ3v) is 4.54. The first-order valence-electron chi connectivity index (χ1n) is 6.14. The fourth-order valence-corrected chi connectivity index (χ4v) is 3.30. The van der Waals surface area contributed by atoms with Crippen molar-refractivity contribution in [3.63, 3.8) is 0 Å². The monoisotopic (exact) mass is 261 g/mol. The van der Waals surface area contributed by atoms with E-state index in [2.05, 4.69) is 35.0 Å². The van der Waals surface area contributed by atoms with Crippen molar-refractivity contribution in [1.29, 1.82) is 0 Å². The minimum atomic E-state index is -0.650. The van der Waals surface area contributed by atoms with Crippen LogP contribution in [0.5, 0.6) is 0 Å². The maximum atomic E-state index is 10.7. The lowest BCUT2D eigenvalue weighted by atomic mass is 10.2. The first-order chi connectivity index (χ1) is 8.75. The molecule has 2 atom stereocenters. The SMILES string of the molecule is O=C(O)C1CC1CNCc1csc2ccccc12. The van der Waals surface area contributed by atoms with Gasteiger partial charge in [-0.15, -0.1) is 11.3 Å². The van der Waals surface area contributed by atoms with Crippen LogP contribution in [0.25, 0.3) is 10.1 Å². The molecule has 0 radical (unpaired) electrons. The zero-order valence-corrected chi connectivity index (χ0v) is 10.7. The molecule has 0 bridgehead atoms. The number of carbonyl (C=O) groups is 1. The Bertz CT molecular complexity index is 578. The molecule has 18 heavy (non-hydrogen) atoms. The van der Waals surface area contributed by atoms with E-state index in [0.29, 0.717) is 5.92 Å². The third-order valence-electron chi connectivity index (χ3n) is 3.52. The molecule has 1 fully saturated rings. The van der Waals surface area contributed by atoms with Gasteiger partial charge >= 0.3 is 5.97 Å². The molecule has 1 aromatic carbocycles. The van der Waals surface area contributed by atoms with Crippen LogP contribution in [0.4, 0.5) is 0 Å². The zero-order chi connectivity index (χ0) is 12.5. The Morgan fingerprint density at radius 3 is 3.06 bits per heavy atom. The number of rotatable bonds is 5. The normalized spacial score (nSPS) is 22.2. The van der Waals surface area contributed by atoms with E-state index in [9.17, 15) is 4.79 Å². The van der Waals surface area contributed by atoms with Crippen molar-refractivity contribution in [2.45, 2.75) is 13.0 Å². The van der Waals surface area contributed by atoms with E-state index in [0.717, 1.165) is 19.5 Å². The summed E-state index contributed by atoms with van der Waals surface area (Å²) in [4.78, 5) is 10.7. The van der Waals surface area contributed by atoms with Crippen LogP contribution in [0, 0.1) is 11.8 Å². The van der Waals surface area contributed by atoms with E-state index in [4.69, 9.17) is 5.11 Å². The van der Waals surface area contributed by atoms with Crippen molar-refractivity contribution >= 4 is 27.4 Å². The second kappa shape index (κ2) is 4.71. The maximum Gasteiger partial charge on any atom is 0.306 e. The molecule has 0 saturated heterocycles. The fourth-order valence-electron chi connectivity index (χ4n) is 2.34.